The third-order valence-electron chi connectivity index (χ3n) is 3.25. The fourth-order valence-electron chi connectivity index (χ4n) is 2.30. The highest BCUT2D eigenvalue weighted by Gasteiger charge is 2.41. The fourth-order valence-corrected chi connectivity index (χ4v) is 2.30. The van der Waals surface area contributed by atoms with Crippen LogP contribution in [0.1, 0.15) is 32.6 Å². The first-order valence-corrected chi connectivity index (χ1v) is 5.77. The molecule has 1 aliphatic heterocycles. The first-order valence-electron chi connectivity index (χ1n) is 5.77. The molecule has 1 N–H and O–H groups in total. The van der Waals surface area contributed by atoms with Crippen molar-refractivity contribution in [2.24, 2.45) is 0 Å². The molecule has 2 aliphatic rings. The number of hydrogen-bond donors (Lipinski definition) is 1. The van der Waals surface area contributed by atoms with Gasteiger partial charge in [0, 0.05) is 12.8 Å². The Morgan fingerprint density at radius 2 is 1.94 bits per heavy atom. The Bertz CT molecular complexity index is 249. The van der Waals surface area contributed by atoms with E-state index in [1.54, 1.807) is 6.92 Å². The molecule has 1 saturated carbocycles. The summed E-state index contributed by atoms with van der Waals surface area (Å²) >= 11 is 0. The monoisotopic (exact) mass is 230 g/mol. The van der Waals surface area contributed by atoms with Gasteiger partial charge in [-0.05, 0) is 19.8 Å². The lowest BCUT2D eigenvalue weighted by Crippen LogP contribution is -2.39. The lowest BCUT2D eigenvalue weighted by Gasteiger charge is -2.35. The van der Waals surface area contributed by atoms with Gasteiger partial charge in [-0.2, -0.15) is 0 Å². The summed E-state index contributed by atoms with van der Waals surface area (Å²) in [5.41, 5.74) is 0. The number of carboxylic acids is 1. The van der Waals surface area contributed by atoms with Crippen molar-refractivity contribution in [3.63, 3.8) is 0 Å². The zero-order valence-electron chi connectivity index (χ0n) is 9.48. The standard InChI is InChI=1S/C11H18O5/c1-8(10(12)13)16-9-2-4-11(5-3-9)14-6-7-15-11/h8-9H,2-7H2,1H3,(H,12,13). The summed E-state index contributed by atoms with van der Waals surface area (Å²) in [6.45, 7) is 2.89. The van der Waals surface area contributed by atoms with Crippen LogP contribution in [0.5, 0.6) is 0 Å². The zero-order chi connectivity index (χ0) is 11.6. The molecule has 0 aromatic carbocycles. The Morgan fingerprint density at radius 3 is 2.44 bits per heavy atom. The Hall–Kier alpha value is -0.650. The molecule has 0 radical (unpaired) electrons. The highest BCUT2D eigenvalue weighted by molar-refractivity contribution is 5.71. The van der Waals surface area contributed by atoms with E-state index in [0.717, 1.165) is 25.7 Å². The topological polar surface area (TPSA) is 65.0 Å². The van der Waals surface area contributed by atoms with E-state index < -0.39 is 17.9 Å². The molecule has 2 fully saturated rings. The minimum absolute atomic E-state index is 0.0181. The van der Waals surface area contributed by atoms with Gasteiger partial charge in [0.15, 0.2) is 11.9 Å². The second-order valence-electron chi connectivity index (χ2n) is 4.42. The predicted octanol–water partition coefficient (Wildman–Crippen LogP) is 1.16. The minimum atomic E-state index is -0.909. The SMILES string of the molecule is CC(OC1CCC2(CC1)OCCO2)C(=O)O. The quantitative estimate of drug-likeness (QED) is 0.788. The van der Waals surface area contributed by atoms with Gasteiger partial charge in [0.25, 0.3) is 0 Å². The molecule has 1 saturated heterocycles. The summed E-state index contributed by atoms with van der Waals surface area (Å²) in [7, 11) is 0. The summed E-state index contributed by atoms with van der Waals surface area (Å²) in [5, 5.41) is 8.74. The Kier molecular flexibility index (Phi) is 3.47. The maximum absolute atomic E-state index is 10.6. The summed E-state index contributed by atoms with van der Waals surface area (Å²) in [4.78, 5) is 10.6. The van der Waals surface area contributed by atoms with Gasteiger partial charge in [-0.1, -0.05) is 0 Å². The van der Waals surface area contributed by atoms with Crippen molar-refractivity contribution >= 4 is 5.97 Å². The van der Waals surface area contributed by atoms with Crippen molar-refractivity contribution < 1.29 is 24.1 Å². The van der Waals surface area contributed by atoms with Crippen LogP contribution in [-0.2, 0) is 19.0 Å². The normalized spacial score (nSPS) is 27.1. The molecule has 1 unspecified atom stereocenters. The van der Waals surface area contributed by atoms with E-state index in [9.17, 15) is 4.79 Å². The van der Waals surface area contributed by atoms with Crippen LogP contribution in [0.2, 0.25) is 0 Å². The number of carboxylic acid groups (broad SMARTS) is 1. The molecule has 2 rings (SSSR count). The number of aliphatic carboxylic acids is 1. The van der Waals surface area contributed by atoms with Crippen LogP contribution >= 0.6 is 0 Å². The Morgan fingerprint density at radius 1 is 1.38 bits per heavy atom. The summed E-state index contributed by atoms with van der Waals surface area (Å²) in [5.74, 6) is -1.31. The first-order chi connectivity index (χ1) is 7.61. The molecule has 1 spiro atoms. The van der Waals surface area contributed by atoms with Crippen molar-refractivity contribution in [1.82, 2.24) is 0 Å². The number of rotatable bonds is 3. The first kappa shape index (κ1) is 11.8. The van der Waals surface area contributed by atoms with Crippen LogP contribution < -0.4 is 0 Å². The molecule has 16 heavy (non-hydrogen) atoms. The van der Waals surface area contributed by atoms with E-state index >= 15 is 0 Å². The smallest absolute Gasteiger partial charge is 0.332 e. The van der Waals surface area contributed by atoms with E-state index in [1.807, 2.05) is 0 Å². The van der Waals surface area contributed by atoms with E-state index in [2.05, 4.69) is 0 Å². The molecule has 92 valence electrons. The molecule has 5 heteroatoms. The molecule has 0 aromatic heterocycles. The van der Waals surface area contributed by atoms with Crippen LogP contribution in [0.25, 0.3) is 0 Å². The average molecular weight is 230 g/mol. The van der Waals surface area contributed by atoms with Crippen molar-refractivity contribution in [1.29, 1.82) is 0 Å². The lowest BCUT2D eigenvalue weighted by atomic mass is 9.91. The van der Waals surface area contributed by atoms with Gasteiger partial charge in [0.1, 0.15) is 0 Å². The summed E-state index contributed by atoms with van der Waals surface area (Å²) in [6, 6.07) is 0. The van der Waals surface area contributed by atoms with Gasteiger partial charge in [0.2, 0.25) is 0 Å². The third kappa shape index (κ3) is 2.53. The minimum Gasteiger partial charge on any atom is -0.479 e. The molecule has 0 aromatic rings. The molecule has 1 heterocycles. The highest BCUT2D eigenvalue weighted by atomic mass is 16.7. The van der Waals surface area contributed by atoms with Crippen LogP contribution in [0, 0.1) is 0 Å². The number of ether oxygens (including phenoxy) is 3. The van der Waals surface area contributed by atoms with Gasteiger partial charge in [-0.3, -0.25) is 0 Å². The van der Waals surface area contributed by atoms with Gasteiger partial charge < -0.3 is 19.3 Å². The average Bonchev–Trinajstić information content (AvgIpc) is 2.70. The molecule has 1 aliphatic carbocycles. The Balaban J connectivity index is 1.78. The van der Waals surface area contributed by atoms with Crippen LogP contribution in [0.3, 0.4) is 0 Å². The van der Waals surface area contributed by atoms with Crippen LogP contribution in [0.4, 0.5) is 0 Å². The molecule has 1 atom stereocenters. The van der Waals surface area contributed by atoms with E-state index in [0.29, 0.717) is 13.2 Å². The maximum Gasteiger partial charge on any atom is 0.332 e. The van der Waals surface area contributed by atoms with Gasteiger partial charge in [-0.25, -0.2) is 4.79 Å². The highest BCUT2D eigenvalue weighted by Crippen LogP contribution is 2.36. The lowest BCUT2D eigenvalue weighted by molar-refractivity contribution is -0.197. The number of hydrogen-bond acceptors (Lipinski definition) is 4. The molecule has 0 bridgehead atoms. The van der Waals surface area contributed by atoms with Crippen molar-refractivity contribution in [2.75, 3.05) is 13.2 Å². The van der Waals surface area contributed by atoms with Crippen LogP contribution in [-0.4, -0.2) is 42.3 Å². The van der Waals surface area contributed by atoms with Gasteiger partial charge >= 0.3 is 5.97 Å². The largest absolute Gasteiger partial charge is 0.479 e. The third-order valence-corrected chi connectivity index (χ3v) is 3.25. The molecular weight excluding hydrogens is 212 g/mol. The van der Waals surface area contributed by atoms with Gasteiger partial charge in [-0.15, -0.1) is 0 Å². The second kappa shape index (κ2) is 4.69. The van der Waals surface area contributed by atoms with Crippen molar-refractivity contribution in [2.45, 2.75) is 50.6 Å². The molecule has 0 amide bonds. The Labute approximate surface area is 94.7 Å². The molecule has 5 nitrogen and oxygen atoms in total. The van der Waals surface area contributed by atoms with Crippen LogP contribution in [0.15, 0.2) is 0 Å². The predicted molar refractivity (Wildman–Crippen MR) is 55.1 cm³/mol. The maximum atomic E-state index is 10.6. The summed E-state index contributed by atoms with van der Waals surface area (Å²) in [6.07, 6.45) is 2.48. The zero-order valence-corrected chi connectivity index (χ0v) is 9.48. The summed E-state index contributed by atoms with van der Waals surface area (Å²) < 4.78 is 16.6. The fraction of sp³-hybridized carbons (Fsp3) is 0.909. The van der Waals surface area contributed by atoms with E-state index in [4.69, 9.17) is 19.3 Å². The number of carbonyl (C=O) groups is 1. The second-order valence-corrected chi connectivity index (χ2v) is 4.42. The molecular formula is C11H18O5. The van der Waals surface area contributed by atoms with Crippen molar-refractivity contribution in [3.05, 3.63) is 0 Å². The van der Waals surface area contributed by atoms with Crippen molar-refractivity contribution in [3.8, 4) is 0 Å². The van der Waals surface area contributed by atoms with Gasteiger partial charge in [0.05, 0.1) is 19.3 Å². The van der Waals surface area contributed by atoms with E-state index in [1.165, 1.54) is 0 Å². The van der Waals surface area contributed by atoms with E-state index in [-0.39, 0.29) is 6.10 Å².